The van der Waals surface area contributed by atoms with Crippen molar-refractivity contribution in [1.29, 1.82) is 0 Å². The summed E-state index contributed by atoms with van der Waals surface area (Å²) in [5.74, 6) is -4.06. The molecular formula is C10H20F3NO2. The van der Waals surface area contributed by atoms with Crippen LogP contribution in [-0.4, -0.2) is 42.3 Å². The normalized spacial score (nSPS) is 12.9. The summed E-state index contributed by atoms with van der Waals surface area (Å²) in [6.45, 7) is 8.53. The molecule has 0 aromatic carbocycles. The minimum Gasteiger partial charge on any atom is -0.481 e. The number of carboxylic acids is 1. The van der Waals surface area contributed by atoms with Crippen molar-refractivity contribution >= 4 is 5.97 Å². The van der Waals surface area contributed by atoms with Crippen LogP contribution in [0.15, 0.2) is 13.2 Å². The fourth-order valence-electron chi connectivity index (χ4n) is 0.935. The van der Waals surface area contributed by atoms with Crippen molar-refractivity contribution in [2.24, 2.45) is 5.92 Å². The van der Waals surface area contributed by atoms with E-state index < -0.39 is 24.5 Å². The molecule has 0 saturated heterocycles. The van der Waals surface area contributed by atoms with Crippen LogP contribution in [0.1, 0.15) is 14.8 Å². The standard InChI is InChI=1S/C8H14F3NO2.C2H4.H2/c1-3-12(2)5-4-6(7(13)14)8(9,10)11;1-2;/h6H,3-5H2,1-2H3,(H,13,14);1-2H2;1H/t6-;;/m1../s1. The molecule has 0 spiro atoms. The van der Waals surface area contributed by atoms with Crippen LogP contribution in [0, 0.1) is 5.92 Å². The van der Waals surface area contributed by atoms with E-state index in [2.05, 4.69) is 13.2 Å². The third-order valence-electron chi connectivity index (χ3n) is 2.03. The number of alkyl halides is 3. The summed E-state index contributed by atoms with van der Waals surface area (Å²) in [5.41, 5.74) is 0. The van der Waals surface area contributed by atoms with Crippen molar-refractivity contribution in [2.45, 2.75) is 19.5 Å². The van der Waals surface area contributed by atoms with Crippen molar-refractivity contribution in [3.8, 4) is 0 Å². The van der Waals surface area contributed by atoms with Gasteiger partial charge in [0.05, 0.1) is 0 Å². The fourth-order valence-corrected chi connectivity index (χ4v) is 0.935. The molecule has 0 radical (unpaired) electrons. The number of hydrogen-bond acceptors (Lipinski definition) is 2. The molecule has 6 heteroatoms. The van der Waals surface area contributed by atoms with E-state index in [1.165, 1.54) is 0 Å². The smallest absolute Gasteiger partial charge is 0.402 e. The first kappa shape index (κ1) is 17.4. The van der Waals surface area contributed by atoms with E-state index in [1.54, 1.807) is 18.9 Å². The SMILES string of the molecule is C=C.CCN(C)CC[C@H](C(=O)O)C(F)(F)F.[HH]. The summed E-state index contributed by atoms with van der Waals surface area (Å²) in [4.78, 5) is 11.9. The summed E-state index contributed by atoms with van der Waals surface area (Å²) >= 11 is 0. The van der Waals surface area contributed by atoms with E-state index in [-0.39, 0.29) is 7.97 Å². The third-order valence-corrected chi connectivity index (χ3v) is 2.03. The number of hydrogen-bond donors (Lipinski definition) is 1. The molecule has 1 N–H and O–H groups in total. The molecule has 0 aromatic rings. The van der Waals surface area contributed by atoms with Crippen LogP contribution < -0.4 is 0 Å². The zero-order valence-corrected chi connectivity index (χ0v) is 9.55. The Morgan fingerprint density at radius 1 is 1.50 bits per heavy atom. The van der Waals surface area contributed by atoms with Gasteiger partial charge < -0.3 is 10.0 Å². The molecule has 0 saturated carbocycles. The minimum absolute atomic E-state index is 0. The first-order chi connectivity index (χ1) is 7.29. The quantitative estimate of drug-likeness (QED) is 0.755. The predicted octanol–water partition coefficient (Wildman–Crippen LogP) is 2.64. The molecule has 98 valence electrons. The molecule has 0 unspecified atom stereocenters. The molecule has 0 aliphatic heterocycles. The van der Waals surface area contributed by atoms with Gasteiger partial charge in [-0.2, -0.15) is 13.2 Å². The van der Waals surface area contributed by atoms with E-state index in [0.29, 0.717) is 6.54 Å². The average Bonchev–Trinajstić information content (AvgIpc) is 2.18. The summed E-state index contributed by atoms with van der Waals surface area (Å²) in [6.07, 6.45) is -5.05. The summed E-state index contributed by atoms with van der Waals surface area (Å²) in [6, 6.07) is 0. The fraction of sp³-hybridized carbons (Fsp3) is 0.700. The minimum atomic E-state index is -4.65. The third kappa shape index (κ3) is 7.28. The Kier molecular flexibility index (Phi) is 8.84. The summed E-state index contributed by atoms with van der Waals surface area (Å²) < 4.78 is 36.4. The van der Waals surface area contributed by atoms with E-state index in [0.717, 1.165) is 0 Å². The van der Waals surface area contributed by atoms with Crippen LogP contribution in [0.25, 0.3) is 0 Å². The molecule has 0 heterocycles. The summed E-state index contributed by atoms with van der Waals surface area (Å²) in [5, 5.41) is 8.36. The summed E-state index contributed by atoms with van der Waals surface area (Å²) in [7, 11) is 1.65. The lowest BCUT2D eigenvalue weighted by molar-refractivity contribution is -0.195. The van der Waals surface area contributed by atoms with Crippen LogP contribution in [0.2, 0.25) is 0 Å². The molecule has 0 aliphatic carbocycles. The molecule has 0 aromatic heterocycles. The molecule has 0 amide bonds. The Morgan fingerprint density at radius 3 is 2.19 bits per heavy atom. The Labute approximate surface area is 95.0 Å². The zero-order valence-electron chi connectivity index (χ0n) is 9.55. The highest BCUT2D eigenvalue weighted by Gasteiger charge is 2.44. The maximum absolute atomic E-state index is 12.1. The maximum atomic E-state index is 12.1. The number of carboxylic acid groups (broad SMARTS) is 1. The molecular weight excluding hydrogens is 223 g/mol. The lowest BCUT2D eigenvalue weighted by Gasteiger charge is -2.19. The van der Waals surface area contributed by atoms with Crippen LogP contribution in [0.4, 0.5) is 13.2 Å². The number of halogens is 3. The molecule has 0 aliphatic rings. The van der Waals surface area contributed by atoms with Gasteiger partial charge in [0.15, 0.2) is 5.92 Å². The number of nitrogens with zero attached hydrogens (tertiary/aromatic N) is 1. The second-order valence-electron chi connectivity index (χ2n) is 3.12. The van der Waals surface area contributed by atoms with E-state index >= 15 is 0 Å². The Hall–Kier alpha value is -1.04. The van der Waals surface area contributed by atoms with Crippen LogP contribution in [0.3, 0.4) is 0 Å². The number of rotatable bonds is 5. The number of carbonyl (C=O) groups is 1. The maximum Gasteiger partial charge on any atom is 0.402 e. The van der Waals surface area contributed by atoms with Crippen molar-refractivity contribution in [3.63, 3.8) is 0 Å². The monoisotopic (exact) mass is 243 g/mol. The van der Waals surface area contributed by atoms with Gasteiger partial charge in [-0.15, -0.1) is 13.2 Å². The van der Waals surface area contributed by atoms with Gasteiger partial charge in [0.2, 0.25) is 0 Å². The Balaban J connectivity index is -0.000000616. The van der Waals surface area contributed by atoms with Crippen molar-refractivity contribution in [2.75, 3.05) is 20.1 Å². The Bertz CT molecular complexity index is 212. The van der Waals surface area contributed by atoms with Crippen LogP contribution >= 0.6 is 0 Å². The van der Waals surface area contributed by atoms with E-state index in [4.69, 9.17) is 5.11 Å². The van der Waals surface area contributed by atoms with Crippen LogP contribution in [0.5, 0.6) is 0 Å². The highest BCUT2D eigenvalue weighted by atomic mass is 19.4. The number of aliphatic carboxylic acids is 1. The van der Waals surface area contributed by atoms with Crippen molar-refractivity contribution in [1.82, 2.24) is 4.90 Å². The second kappa shape index (κ2) is 8.15. The molecule has 16 heavy (non-hydrogen) atoms. The second-order valence-corrected chi connectivity index (χ2v) is 3.12. The van der Waals surface area contributed by atoms with Gasteiger partial charge in [0.1, 0.15) is 0 Å². The highest BCUT2D eigenvalue weighted by molar-refractivity contribution is 5.70. The van der Waals surface area contributed by atoms with Gasteiger partial charge in [-0.1, -0.05) is 6.92 Å². The largest absolute Gasteiger partial charge is 0.481 e. The molecule has 0 rings (SSSR count). The predicted molar refractivity (Wildman–Crippen MR) is 58.3 cm³/mol. The van der Waals surface area contributed by atoms with Gasteiger partial charge in [-0.3, -0.25) is 4.79 Å². The Morgan fingerprint density at radius 2 is 1.94 bits per heavy atom. The lowest BCUT2D eigenvalue weighted by Crippen LogP contribution is -2.34. The lowest BCUT2D eigenvalue weighted by atomic mass is 10.1. The topological polar surface area (TPSA) is 40.5 Å². The van der Waals surface area contributed by atoms with Crippen molar-refractivity contribution < 1.29 is 24.5 Å². The van der Waals surface area contributed by atoms with Crippen LogP contribution in [-0.2, 0) is 4.79 Å². The molecule has 0 bridgehead atoms. The van der Waals surface area contributed by atoms with Gasteiger partial charge in [0, 0.05) is 1.43 Å². The average molecular weight is 243 g/mol. The molecule has 3 nitrogen and oxygen atoms in total. The van der Waals surface area contributed by atoms with Gasteiger partial charge >= 0.3 is 12.1 Å². The van der Waals surface area contributed by atoms with Gasteiger partial charge in [-0.05, 0) is 26.6 Å². The molecule has 1 atom stereocenters. The van der Waals surface area contributed by atoms with E-state index in [1.807, 2.05) is 0 Å². The molecule has 0 fully saturated rings. The van der Waals surface area contributed by atoms with E-state index in [9.17, 15) is 18.0 Å². The highest BCUT2D eigenvalue weighted by Crippen LogP contribution is 2.29. The first-order valence-electron chi connectivity index (χ1n) is 4.77. The van der Waals surface area contributed by atoms with Gasteiger partial charge in [-0.25, -0.2) is 0 Å². The van der Waals surface area contributed by atoms with Gasteiger partial charge in [0.25, 0.3) is 0 Å². The first-order valence-corrected chi connectivity index (χ1v) is 4.77. The van der Waals surface area contributed by atoms with Crippen molar-refractivity contribution in [3.05, 3.63) is 13.2 Å². The zero-order chi connectivity index (χ0) is 13.4.